The number of carbonyl (C=O) groups excluding carboxylic acids is 4. The van der Waals surface area contributed by atoms with Crippen molar-refractivity contribution in [3.63, 3.8) is 0 Å². The summed E-state index contributed by atoms with van der Waals surface area (Å²) >= 11 is 0. The van der Waals surface area contributed by atoms with E-state index in [4.69, 9.17) is 30.4 Å². The third kappa shape index (κ3) is 43.7. The molecule has 0 aliphatic rings. The van der Waals surface area contributed by atoms with E-state index in [0.717, 1.165) is 25.7 Å². The summed E-state index contributed by atoms with van der Waals surface area (Å²) < 4.78 is 86.2. The van der Waals surface area contributed by atoms with Crippen molar-refractivity contribution in [1.29, 1.82) is 0 Å². The van der Waals surface area contributed by atoms with E-state index >= 15 is 0 Å². The van der Waals surface area contributed by atoms with Gasteiger partial charge in [-0.15, -0.1) is 0 Å². The monoisotopic (exact) mass is 890 g/mol. The Morgan fingerprint density at radius 3 is 0.914 bits per heavy atom. The van der Waals surface area contributed by atoms with Crippen LogP contribution in [0.1, 0.15) is 168 Å². The largest absolute Gasteiger partial charge is 1.00 e. The number of amides is 2. The number of rotatable bonds is 38. The van der Waals surface area contributed by atoms with E-state index in [1.807, 2.05) is 0 Å². The second kappa shape index (κ2) is 43.3. The second-order valence-electron chi connectivity index (χ2n) is 13.9. The summed E-state index contributed by atoms with van der Waals surface area (Å²) in [4.78, 5) is 44.7. The minimum atomic E-state index is -4.99. The van der Waals surface area contributed by atoms with Crippen LogP contribution in [0, 0.1) is 0 Å². The van der Waals surface area contributed by atoms with Crippen LogP contribution in [0.25, 0.3) is 0 Å². The molecule has 0 fully saturated rings. The summed E-state index contributed by atoms with van der Waals surface area (Å²) in [6.07, 6.45) is 24.0. The Labute approximate surface area is 393 Å². The van der Waals surface area contributed by atoms with Gasteiger partial charge in [0.2, 0.25) is 11.8 Å². The Balaban J connectivity index is -0.000000486. The van der Waals surface area contributed by atoms with Gasteiger partial charge < -0.3 is 39.5 Å². The van der Waals surface area contributed by atoms with Crippen LogP contribution in [0.2, 0.25) is 0 Å². The fourth-order valence-corrected chi connectivity index (χ4v) is 6.76. The average Bonchev–Trinajstić information content (AvgIpc) is 3.11. The van der Waals surface area contributed by atoms with Gasteiger partial charge in [0, 0.05) is 39.3 Å². The zero-order chi connectivity index (χ0) is 42.5. The quantitative estimate of drug-likeness (QED) is 0.0336. The van der Waals surface area contributed by atoms with Crippen molar-refractivity contribution in [2.75, 3.05) is 39.6 Å². The summed E-state index contributed by atoms with van der Waals surface area (Å²) in [7, 11) is -9.97. The molecule has 2 unspecified atom stereocenters. The van der Waals surface area contributed by atoms with Gasteiger partial charge in [-0.05, 0) is 12.8 Å². The van der Waals surface area contributed by atoms with Crippen LogP contribution in [0.4, 0.5) is 0 Å². The molecule has 2 amide bonds. The molecule has 0 bridgehead atoms. The zero-order valence-electron chi connectivity index (χ0n) is 36.1. The van der Waals surface area contributed by atoms with Crippen LogP contribution in [0.15, 0.2) is 0 Å². The van der Waals surface area contributed by atoms with E-state index in [2.05, 4.69) is 13.8 Å². The average molecular weight is 891 g/mol. The number of primary amides is 2. The molecule has 0 rings (SSSR count). The van der Waals surface area contributed by atoms with E-state index in [0.29, 0.717) is 39.3 Å². The van der Waals surface area contributed by atoms with Crippen molar-refractivity contribution in [3.05, 3.63) is 0 Å². The SMILES string of the molecule is CCCCCCCCCCCCOCCCOC(=O)C(CC(N)=O)S(=O)(=O)[O-].CCCCCCCCCCCCOCCCOC(=O)C(CC(N)=O)S(=O)(=O)[O-].[Na+].[Na+]. The summed E-state index contributed by atoms with van der Waals surface area (Å²) in [5.41, 5.74) is 9.69. The van der Waals surface area contributed by atoms with Crippen LogP contribution < -0.4 is 70.6 Å². The fourth-order valence-electron chi connectivity index (χ4n) is 5.41. The van der Waals surface area contributed by atoms with Gasteiger partial charge >= 0.3 is 71.1 Å². The first kappa shape index (κ1) is 64.2. The van der Waals surface area contributed by atoms with Gasteiger partial charge in [-0.25, -0.2) is 16.8 Å². The molecule has 0 aromatic carbocycles. The number of nitrogens with two attached hydrogens (primary N) is 2. The van der Waals surface area contributed by atoms with Gasteiger partial charge in [-0.3, -0.25) is 19.2 Å². The van der Waals surface area contributed by atoms with Gasteiger partial charge in [0.1, 0.15) is 20.2 Å². The van der Waals surface area contributed by atoms with E-state index < -0.39 is 67.3 Å². The number of hydrogen-bond acceptors (Lipinski definition) is 14. The molecule has 0 spiro atoms. The fraction of sp³-hybridized carbons (Fsp3) is 0.895. The molecule has 58 heavy (non-hydrogen) atoms. The van der Waals surface area contributed by atoms with E-state index in [-0.39, 0.29) is 72.3 Å². The predicted molar refractivity (Wildman–Crippen MR) is 211 cm³/mol. The van der Waals surface area contributed by atoms with E-state index in [1.54, 1.807) is 0 Å². The minimum Gasteiger partial charge on any atom is -0.747 e. The van der Waals surface area contributed by atoms with Crippen LogP contribution in [0.5, 0.6) is 0 Å². The normalized spacial score (nSPS) is 12.2. The maximum Gasteiger partial charge on any atom is 1.00 e. The zero-order valence-corrected chi connectivity index (χ0v) is 41.7. The molecule has 0 heterocycles. The van der Waals surface area contributed by atoms with Crippen molar-refractivity contribution in [2.24, 2.45) is 11.5 Å². The number of ether oxygens (including phenoxy) is 4. The van der Waals surface area contributed by atoms with Crippen molar-refractivity contribution < 1.29 is 123 Å². The Hall–Kier alpha value is -0.380. The van der Waals surface area contributed by atoms with Crippen molar-refractivity contribution in [3.8, 4) is 0 Å². The molecule has 332 valence electrons. The summed E-state index contributed by atoms with van der Waals surface area (Å²) in [5, 5.41) is -4.17. The molecule has 0 aromatic rings. The first-order chi connectivity index (χ1) is 26.6. The summed E-state index contributed by atoms with van der Waals surface area (Å²) in [6.45, 7) is 6.28. The van der Waals surface area contributed by atoms with Crippen molar-refractivity contribution >= 4 is 44.0 Å². The molecule has 0 aromatic heterocycles. The molecule has 0 aliphatic carbocycles. The molecule has 0 saturated carbocycles. The topological polar surface area (TPSA) is 272 Å². The summed E-state index contributed by atoms with van der Waals surface area (Å²) in [5.74, 6) is -4.60. The minimum absolute atomic E-state index is 0. The molecule has 16 nitrogen and oxygen atoms in total. The van der Waals surface area contributed by atoms with Crippen LogP contribution >= 0.6 is 0 Å². The Morgan fingerprint density at radius 1 is 0.431 bits per heavy atom. The standard InChI is InChI=1S/2C19H37NO7S.2Na/c2*1-2-3-4-5-6-7-8-9-10-11-13-26-14-12-15-27-19(22)17(16-18(20)21)28(23,24)25;;/h2*17H,2-16H2,1H3,(H2,20,21)(H,23,24,25);;/q;;2*+1/p-2. The third-order valence-corrected chi connectivity index (χ3v) is 10.7. The van der Waals surface area contributed by atoms with E-state index in [9.17, 15) is 45.1 Å². The van der Waals surface area contributed by atoms with Gasteiger partial charge in [0.15, 0.2) is 10.5 Å². The number of hydrogen-bond donors (Lipinski definition) is 2. The first-order valence-corrected chi connectivity index (χ1v) is 23.5. The predicted octanol–water partition coefficient (Wildman–Crippen LogP) is -0.699. The molecular weight excluding hydrogens is 819 g/mol. The van der Waals surface area contributed by atoms with Gasteiger partial charge in [-0.1, -0.05) is 129 Å². The molecule has 0 saturated heterocycles. The second-order valence-corrected chi connectivity index (χ2v) is 17.0. The van der Waals surface area contributed by atoms with E-state index in [1.165, 1.54) is 103 Å². The molecule has 2 atom stereocenters. The van der Waals surface area contributed by atoms with Crippen LogP contribution in [0.3, 0.4) is 0 Å². The Kier molecular flexibility index (Phi) is 47.9. The van der Waals surface area contributed by atoms with Crippen molar-refractivity contribution in [2.45, 2.75) is 178 Å². The maximum absolute atomic E-state index is 11.6. The number of esters is 2. The first-order valence-electron chi connectivity index (χ1n) is 20.5. The smallest absolute Gasteiger partial charge is 0.747 e. The van der Waals surface area contributed by atoms with Crippen LogP contribution in [-0.4, -0.2) is 99.8 Å². The molecule has 0 radical (unpaired) electrons. The van der Waals surface area contributed by atoms with Crippen molar-refractivity contribution in [1.82, 2.24) is 0 Å². The van der Waals surface area contributed by atoms with Crippen LogP contribution in [-0.2, 0) is 58.4 Å². The molecule has 20 heteroatoms. The molecule has 4 N–H and O–H groups in total. The third-order valence-electron chi connectivity index (χ3n) is 8.63. The Bertz CT molecular complexity index is 1150. The van der Waals surface area contributed by atoms with Gasteiger partial charge in [0.25, 0.3) is 0 Å². The maximum atomic E-state index is 11.6. The van der Waals surface area contributed by atoms with Gasteiger partial charge in [0.05, 0.1) is 26.1 Å². The molecule has 0 aliphatic heterocycles. The summed E-state index contributed by atoms with van der Waals surface area (Å²) in [6, 6.07) is 0. The number of unbranched alkanes of at least 4 members (excludes halogenated alkanes) is 18. The Morgan fingerprint density at radius 2 is 0.672 bits per heavy atom. The molecular formula is C38H72N2Na2O14S2. The van der Waals surface area contributed by atoms with Gasteiger partial charge in [-0.2, -0.15) is 0 Å². The number of carbonyl (C=O) groups is 4.